The summed E-state index contributed by atoms with van der Waals surface area (Å²) in [5.74, 6) is 0. The summed E-state index contributed by atoms with van der Waals surface area (Å²) in [7, 11) is 0. The number of carbonyl (C=O) groups is 1. The van der Waals surface area contributed by atoms with E-state index < -0.39 is 6.09 Å². The Morgan fingerprint density at radius 2 is 2.55 bits per heavy atom. The minimum absolute atomic E-state index is 0.162. The van der Waals surface area contributed by atoms with E-state index in [-0.39, 0.29) is 6.04 Å². The second kappa shape index (κ2) is 3.77. The number of nitrogens with zero attached hydrogens (tertiary/aromatic N) is 1. The molecule has 1 fully saturated rings. The number of rotatable bonds is 2. The minimum atomic E-state index is -0.571. The van der Waals surface area contributed by atoms with Crippen molar-refractivity contribution in [2.75, 3.05) is 13.1 Å². The van der Waals surface area contributed by atoms with E-state index in [9.17, 15) is 4.79 Å². The first-order valence-corrected chi connectivity index (χ1v) is 3.24. The molecule has 62 valence electrons. The highest BCUT2D eigenvalue weighted by molar-refractivity contribution is 5.68. The Labute approximate surface area is 63.8 Å². The number of oxime groups is 1. The van der Waals surface area contributed by atoms with Crippen molar-refractivity contribution >= 4 is 12.4 Å². The van der Waals surface area contributed by atoms with E-state index in [1.165, 1.54) is 0 Å². The summed E-state index contributed by atoms with van der Waals surface area (Å²) in [5, 5.41) is 8.65. The highest BCUT2D eigenvalue weighted by Gasteiger charge is 2.19. The lowest BCUT2D eigenvalue weighted by Gasteiger charge is -2.26. The van der Waals surface area contributed by atoms with E-state index in [2.05, 4.69) is 20.6 Å². The molecule has 0 aromatic rings. The largest absolute Gasteiger partial charge is 0.433 e. The molecule has 6 heteroatoms. The standard InChI is InChI=1S/C5H10N4O2/c6-3-8-11-5(10)9-4-1-7-2-4/h3-4,7H,1-2H2,(H2,6,8)(H,9,10). The topological polar surface area (TPSA) is 88.7 Å². The van der Waals surface area contributed by atoms with Crippen molar-refractivity contribution in [3.63, 3.8) is 0 Å². The fourth-order valence-electron chi connectivity index (χ4n) is 0.662. The first-order chi connectivity index (χ1) is 5.33. The molecule has 0 atom stereocenters. The Balaban J connectivity index is 2.09. The molecule has 1 rings (SSSR count). The number of nitrogens with two attached hydrogens (primary N) is 1. The molecular weight excluding hydrogens is 148 g/mol. The maximum atomic E-state index is 10.7. The summed E-state index contributed by atoms with van der Waals surface area (Å²) in [5.41, 5.74) is 4.85. The second-order valence-electron chi connectivity index (χ2n) is 2.13. The van der Waals surface area contributed by atoms with Gasteiger partial charge in [0, 0.05) is 13.1 Å². The van der Waals surface area contributed by atoms with Gasteiger partial charge < -0.3 is 16.4 Å². The molecule has 6 nitrogen and oxygen atoms in total. The first kappa shape index (κ1) is 7.80. The highest BCUT2D eigenvalue weighted by atomic mass is 16.7. The van der Waals surface area contributed by atoms with Gasteiger partial charge in [0.1, 0.15) is 6.34 Å². The van der Waals surface area contributed by atoms with E-state index in [4.69, 9.17) is 5.73 Å². The maximum Gasteiger partial charge on any atom is 0.433 e. The maximum absolute atomic E-state index is 10.7. The van der Waals surface area contributed by atoms with Crippen molar-refractivity contribution in [1.82, 2.24) is 10.6 Å². The van der Waals surface area contributed by atoms with Crippen LogP contribution in [0.2, 0.25) is 0 Å². The predicted molar refractivity (Wildman–Crippen MR) is 39.0 cm³/mol. The molecular formula is C5H10N4O2. The molecule has 1 amide bonds. The quantitative estimate of drug-likeness (QED) is 0.199. The van der Waals surface area contributed by atoms with Crippen LogP contribution < -0.4 is 16.4 Å². The van der Waals surface area contributed by atoms with Crippen molar-refractivity contribution in [1.29, 1.82) is 0 Å². The summed E-state index contributed by atoms with van der Waals surface area (Å²) in [6.45, 7) is 1.56. The van der Waals surface area contributed by atoms with Gasteiger partial charge in [0.25, 0.3) is 0 Å². The molecule has 11 heavy (non-hydrogen) atoms. The summed E-state index contributed by atoms with van der Waals surface area (Å²) in [6.07, 6.45) is 0.344. The number of hydrogen-bond donors (Lipinski definition) is 3. The lowest BCUT2D eigenvalue weighted by Crippen LogP contribution is -2.56. The van der Waals surface area contributed by atoms with E-state index in [1.807, 2.05) is 0 Å². The van der Waals surface area contributed by atoms with Gasteiger partial charge in [0.05, 0.1) is 6.04 Å². The zero-order chi connectivity index (χ0) is 8.10. The Kier molecular flexibility index (Phi) is 2.67. The van der Waals surface area contributed by atoms with E-state index >= 15 is 0 Å². The molecule has 1 aliphatic heterocycles. The molecule has 0 bridgehead atoms. The fraction of sp³-hybridized carbons (Fsp3) is 0.600. The minimum Gasteiger partial charge on any atom is -0.387 e. The van der Waals surface area contributed by atoms with Crippen LogP contribution in [-0.4, -0.2) is 31.6 Å². The summed E-state index contributed by atoms with van der Waals surface area (Å²) in [4.78, 5) is 14.9. The molecule has 0 radical (unpaired) electrons. The van der Waals surface area contributed by atoms with Crippen LogP contribution in [0.5, 0.6) is 0 Å². The van der Waals surface area contributed by atoms with Gasteiger partial charge in [-0.3, -0.25) is 4.84 Å². The molecule has 4 N–H and O–H groups in total. The van der Waals surface area contributed by atoms with Crippen LogP contribution in [0.1, 0.15) is 0 Å². The average Bonchev–Trinajstić information content (AvgIpc) is 1.93. The Morgan fingerprint density at radius 1 is 1.82 bits per heavy atom. The number of carbonyl (C=O) groups excluding carboxylic acids is 1. The normalized spacial score (nSPS) is 17.8. The molecule has 1 aliphatic rings. The van der Waals surface area contributed by atoms with Gasteiger partial charge in [-0.05, 0) is 0 Å². The SMILES string of the molecule is N/C=N\OC(=O)NC1CNC1. The van der Waals surface area contributed by atoms with Crippen LogP contribution in [0, 0.1) is 0 Å². The molecule has 0 aromatic heterocycles. The lowest BCUT2D eigenvalue weighted by molar-refractivity contribution is 0.143. The fourth-order valence-corrected chi connectivity index (χ4v) is 0.662. The van der Waals surface area contributed by atoms with Crippen molar-refractivity contribution in [3.8, 4) is 0 Å². The van der Waals surface area contributed by atoms with Crippen molar-refractivity contribution < 1.29 is 9.63 Å². The van der Waals surface area contributed by atoms with E-state index in [1.54, 1.807) is 0 Å². The van der Waals surface area contributed by atoms with Crippen molar-refractivity contribution in [2.45, 2.75) is 6.04 Å². The van der Waals surface area contributed by atoms with Crippen LogP contribution in [0.3, 0.4) is 0 Å². The van der Waals surface area contributed by atoms with Crippen LogP contribution in [0.15, 0.2) is 5.16 Å². The smallest absolute Gasteiger partial charge is 0.387 e. The molecule has 0 unspecified atom stereocenters. The van der Waals surface area contributed by atoms with Crippen molar-refractivity contribution in [2.24, 2.45) is 10.9 Å². The van der Waals surface area contributed by atoms with E-state index in [0.717, 1.165) is 19.4 Å². The number of hydrogen-bond acceptors (Lipinski definition) is 4. The Hall–Kier alpha value is -1.30. The van der Waals surface area contributed by atoms with Gasteiger partial charge in [-0.25, -0.2) is 4.79 Å². The molecule has 0 aromatic carbocycles. The van der Waals surface area contributed by atoms with Crippen LogP contribution >= 0.6 is 0 Å². The molecule has 1 saturated heterocycles. The molecule has 0 saturated carbocycles. The predicted octanol–water partition coefficient (Wildman–Crippen LogP) is -1.41. The van der Waals surface area contributed by atoms with Gasteiger partial charge in [-0.2, -0.15) is 0 Å². The zero-order valence-corrected chi connectivity index (χ0v) is 5.91. The van der Waals surface area contributed by atoms with E-state index in [0.29, 0.717) is 0 Å². The zero-order valence-electron chi connectivity index (χ0n) is 5.91. The van der Waals surface area contributed by atoms with Gasteiger partial charge in [0.15, 0.2) is 0 Å². The number of nitrogens with one attached hydrogen (secondary N) is 2. The summed E-state index contributed by atoms with van der Waals surface area (Å²) in [6, 6.07) is 0.162. The highest BCUT2D eigenvalue weighted by Crippen LogP contribution is 1.90. The first-order valence-electron chi connectivity index (χ1n) is 3.24. The Bertz CT molecular complexity index is 166. The lowest BCUT2D eigenvalue weighted by atomic mass is 10.2. The monoisotopic (exact) mass is 158 g/mol. The van der Waals surface area contributed by atoms with Gasteiger partial charge in [0.2, 0.25) is 0 Å². The second-order valence-corrected chi connectivity index (χ2v) is 2.13. The van der Waals surface area contributed by atoms with Crippen LogP contribution in [-0.2, 0) is 4.84 Å². The van der Waals surface area contributed by atoms with Gasteiger partial charge in [-0.1, -0.05) is 5.16 Å². The molecule has 1 heterocycles. The van der Waals surface area contributed by atoms with Crippen LogP contribution in [0.25, 0.3) is 0 Å². The Morgan fingerprint density at radius 3 is 3.00 bits per heavy atom. The third kappa shape index (κ3) is 2.42. The molecule has 0 spiro atoms. The summed E-state index contributed by atoms with van der Waals surface area (Å²) >= 11 is 0. The average molecular weight is 158 g/mol. The van der Waals surface area contributed by atoms with Gasteiger partial charge >= 0.3 is 6.09 Å². The number of amides is 1. The van der Waals surface area contributed by atoms with Crippen LogP contribution in [0.4, 0.5) is 4.79 Å². The molecule has 0 aliphatic carbocycles. The van der Waals surface area contributed by atoms with Crippen molar-refractivity contribution in [3.05, 3.63) is 0 Å². The third-order valence-electron chi connectivity index (χ3n) is 1.30. The summed E-state index contributed by atoms with van der Waals surface area (Å²) < 4.78 is 0. The van der Waals surface area contributed by atoms with Gasteiger partial charge in [-0.15, -0.1) is 0 Å². The third-order valence-corrected chi connectivity index (χ3v) is 1.30.